The average Bonchev–Trinajstić information content (AvgIpc) is 2.62. The predicted octanol–water partition coefficient (Wildman–Crippen LogP) is -5.62. The molecule has 1 fully saturated rings. The van der Waals surface area contributed by atoms with E-state index in [4.69, 9.17) is 14.6 Å². The Morgan fingerprint density at radius 2 is 1.69 bits per heavy atom. The van der Waals surface area contributed by atoms with Gasteiger partial charge in [-0.25, -0.2) is 0 Å². The molecule has 0 spiro atoms. The van der Waals surface area contributed by atoms with Crippen LogP contribution in [0.25, 0.3) is 0 Å². The van der Waals surface area contributed by atoms with Crippen molar-refractivity contribution in [2.75, 3.05) is 19.8 Å². The Morgan fingerprint density at radius 1 is 1.08 bits per heavy atom. The van der Waals surface area contributed by atoms with Gasteiger partial charge in [0.1, 0.15) is 48.8 Å². The molecule has 26 heavy (non-hydrogen) atoms. The van der Waals surface area contributed by atoms with Crippen LogP contribution in [0.15, 0.2) is 0 Å². The minimum atomic E-state index is -1.87. The summed E-state index contributed by atoms with van der Waals surface area (Å²) in [6, 6.07) is -1.31. The summed E-state index contributed by atoms with van der Waals surface area (Å²) in [4.78, 5) is 11.3. The third kappa shape index (κ3) is 5.53. The van der Waals surface area contributed by atoms with Gasteiger partial charge in [-0.3, -0.25) is 4.79 Å². The van der Waals surface area contributed by atoms with Gasteiger partial charge in [0.05, 0.1) is 19.8 Å². The number of carbonyl (C=O) groups excluding carboxylic acids is 1. The van der Waals surface area contributed by atoms with Crippen molar-refractivity contribution in [3.63, 3.8) is 0 Å². The molecular weight excluding hydrogens is 358 g/mol. The number of amides is 1. The van der Waals surface area contributed by atoms with E-state index in [-0.39, 0.29) is 0 Å². The standard InChI is InChI=1S/C14H27NO11/c1-5(19)15-9-13(24)12(23)8(4-18)26-14(9)25-7(3-17)11(22)10(21)6(20)2-16/h6-14,16-18,20-24H,2-4H2,1H3,(H,15,19). The average molecular weight is 385 g/mol. The van der Waals surface area contributed by atoms with Gasteiger partial charge in [0.2, 0.25) is 5.91 Å². The van der Waals surface area contributed by atoms with Crippen molar-refractivity contribution in [2.45, 2.75) is 62.0 Å². The van der Waals surface area contributed by atoms with Crippen LogP contribution in [0.5, 0.6) is 0 Å². The van der Waals surface area contributed by atoms with Gasteiger partial charge >= 0.3 is 0 Å². The van der Waals surface area contributed by atoms with Gasteiger partial charge in [-0.2, -0.15) is 0 Å². The highest BCUT2D eigenvalue weighted by atomic mass is 16.7. The van der Waals surface area contributed by atoms with Crippen molar-refractivity contribution in [3.8, 4) is 0 Å². The van der Waals surface area contributed by atoms with Crippen molar-refractivity contribution in [1.29, 1.82) is 0 Å². The molecular formula is C14H27NO11. The third-order valence-corrected chi connectivity index (χ3v) is 4.05. The molecule has 1 amide bonds. The van der Waals surface area contributed by atoms with Gasteiger partial charge in [0, 0.05) is 6.92 Å². The molecule has 1 rings (SSSR count). The minimum absolute atomic E-state index is 0.599. The molecule has 0 bridgehead atoms. The summed E-state index contributed by atoms with van der Waals surface area (Å²) in [5.74, 6) is -0.599. The van der Waals surface area contributed by atoms with Gasteiger partial charge in [-0.05, 0) is 0 Å². The van der Waals surface area contributed by atoms with Gasteiger partial charge in [0.15, 0.2) is 6.29 Å². The van der Waals surface area contributed by atoms with E-state index in [9.17, 15) is 40.5 Å². The molecule has 1 aliphatic rings. The van der Waals surface area contributed by atoms with E-state index in [0.717, 1.165) is 6.92 Å². The lowest BCUT2D eigenvalue weighted by molar-refractivity contribution is -0.296. The molecule has 1 heterocycles. The first kappa shape index (κ1) is 23.1. The number of ether oxygens (including phenoxy) is 2. The van der Waals surface area contributed by atoms with Gasteiger partial charge in [-0.1, -0.05) is 0 Å². The maximum Gasteiger partial charge on any atom is 0.217 e. The molecule has 1 saturated heterocycles. The molecule has 1 aliphatic heterocycles. The lowest BCUT2D eigenvalue weighted by Crippen LogP contribution is -2.65. The summed E-state index contributed by atoms with van der Waals surface area (Å²) in [5.41, 5.74) is 0. The Morgan fingerprint density at radius 3 is 2.15 bits per heavy atom. The zero-order valence-corrected chi connectivity index (χ0v) is 14.1. The second-order valence-electron chi connectivity index (χ2n) is 6.02. The van der Waals surface area contributed by atoms with Crippen molar-refractivity contribution in [1.82, 2.24) is 5.32 Å². The smallest absolute Gasteiger partial charge is 0.217 e. The molecule has 9 atom stereocenters. The highest BCUT2D eigenvalue weighted by Gasteiger charge is 2.47. The van der Waals surface area contributed by atoms with Crippen LogP contribution in [-0.2, 0) is 14.3 Å². The summed E-state index contributed by atoms with van der Waals surface area (Å²) in [6.45, 7) is -1.27. The van der Waals surface area contributed by atoms with Crippen molar-refractivity contribution < 1.29 is 55.1 Å². The lowest BCUT2D eigenvalue weighted by atomic mass is 9.96. The zero-order valence-electron chi connectivity index (χ0n) is 14.1. The summed E-state index contributed by atoms with van der Waals surface area (Å²) in [5, 5.41) is 78.9. The Labute approximate surface area is 149 Å². The second kappa shape index (κ2) is 10.4. The highest BCUT2D eigenvalue weighted by molar-refractivity contribution is 5.73. The number of hydrogen-bond donors (Lipinski definition) is 9. The number of aliphatic hydroxyl groups is 8. The van der Waals surface area contributed by atoms with E-state index in [0.29, 0.717) is 0 Å². The van der Waals surface area contributed by atoms with E-state index in [2.05, 4.69) is 5.32 Å². The van der Waals surface area contributed by atoms with Crippen LogP contribution in [0.4, 0.5) is 0 Å². The van der Waals surface area contributed by atoms with Gasteiger partial charge in [-0.15, -0.1) is 0 Å². The Hall–Kier alpha value is -0.930. The van der Waals surface area contributed by atoms with Crippen LogP contribution in [0.2, 0.25) is 0 Å². The fraction of sp³-hybridized carbons (Fsp3) is 0.929. The highest BCUT2D eigenvalue weighted by Crippen LogP contribution is 2.24. The lowest BCUT2D eigenvalue weighted by Gasteiger charge is -2.43. The van der Waals surface area contributed by atoms with Crippen LogP contribution in [0.3, 0.4) is 0 Å². The van der Waals surface area contributed by atoms with Crippen LogP contribution in [0, 0.1) is 0 Å². The largest absolute Gasteiger partial charge is 0.394 e. The summed E-state index contributed by atoms with van der Waals surface area (Å²) < 4.78 is 10.6. The van der Waals surface area contributed by atoms with E-state index in [1.54, 1.807) is 0 Å². The van der Waals surface area contributed by atoms with Crippen molar-refractivity contribution in [2.24, 2.45) is 0 Å². The Bertz CT molecular complexity index is 439. The molecule has 0 aromatic carbocycles. The zero-order chi connectivity index (χ0) is 20.0. The molecule has 9 N–H and O–H groups in total. The number of carbonyl (C=O) groups is 1. The third-order valence-electron chi connectivity index (χ3n) is 4.05. The Kier molecular flexibility index (Phi) is 9.26. The van der Waals surface area contributed by atoms with Crippen molar-refractivity contribution >= 4 is 5.91 Å². The molecule has 0 aromatic heterocycles. The van der Waals surface area contributed by atoms with Crippen LogP contribution in [0.1, 0.15) is 6.92 Å². The van der Waals surface area contributed by atoms with Gasteiger partial charge in [0.25, 0.3) is 0 Å². The summed E-state index contributed by atoms with van der Waals surface area (Å²) in [6.07, 6.45) is -12.9. The van der Waals surface area contributed by atoms with Crippen LogP contribution in [-0.4, -0.2) is 122 Å². The molecule has 154 valence electrons. The number of hydrogen-bond acceptors (Lipinski definition) is 11. The van der Waals surface area contributed by atoms with Gasteiger partial charge < -0.3 is 55.6 Å². The molecule has 0 radical (unpaired) electrons. The molecule has 12 heteroatoms. The topological polar surface area (TPSA) is 209 Å². The minimum Gasteiger partial charge on any atom is -0.394 e. The molecule has 9 unspecified atom stereocenters. The summed E-state index contributed by atoms with van der Waals surface area (Å²) in [7, 11) is 0. The molecule has 0 saturated carbocycles. The SMILES string of the molecule is CC(=O)NC1C(OC(CO)C(O)C(O)C(O)CO)OC(CO)C(O)C1O. The number of rotatable bonds is 9. The quantitative estimate of drug-likeness (QED) is 0.183. The second-order valence-corrected chi connectivity index (χ2v) is 6.02. The number of nitrogens with one attached hydrogen (secondary N) is 1. The fourth-order valence-electron chi connectivity index (χ4n) is 2.55. The predicted molar refractivity (Wildman–Crippen MR) is 82.4 cm³/mol. The first-order chi connectivity index (χ1) is 12.2. The summed E-state index contributed by atoms with van der Waals surface area (Å²) >= 11 is 0. The first-order valence-electron chi connectivity index (χ1n) is 7.98. The van der Waals surface area contributed by atoms with E-state index in [1.807, 2.05) is 0 Å². The van der Waals surface area contributed by atoms with Crippen LogP contribution >= 0.6 is 0 Å². The molecule has 0 aliphatic carbocycles. The normalized spacial score (nSPS) is 34.0. The number of aliphatic hydroxyl groups excluding tert-OH is 8. The van der Waals surface area contributed by atoms with Crippen molar-refractivity contribution in [3.05, 3.63) is 0 Å². The Balaban J connectivity index is 2.96. The fourth-order valence-corrected chi connectivity index (χ4v) is 2.55. The van der Waals surface area contributed by atoms with E-state index >= 15 is 0 Å². The first-order valence-corrected chi connectivity index (χ1v) is 7.98. The monoisotopic (exact) mass is 385 g/mol. The maximum absolute atomic E-state index is 11.3. The van der Waals surface area contributed by atoms with E-state index < -0.39 is 80.8 Å². The molecule has 12 nitrogen and oxygen atoms in total. The van der Waals surface area contributed by atoms with Crippen LogP contribution < -0.4 is 5.32 Å². The molecule has 0 aromatic rings. The maximum atomic E-state index is 11.3. The van der Waals surface area contributed by atoms with E-state index in [1.165, 1.54) is 0 Å².